The molecule has 6 rings (SSSR count). The predicted octanol–water partition coefficient (Wildman–Crippen LogP) is 10.6. The van der Waals surface area contributed by atoms with E-state index in [1.807, 2.05) is 0 Å². The molecule has 1 unspecified atom stereocenters. The standard InChI is InChI=1S/C39H46/c1-37(2,3)31-21-22-32-27(25-31)26-34-33(32)23-24-35(38(4,5)6)36(34)39(30-19-13-14-20-30,28-15-9-7-10-16-28)29-17-11-8-12-18-29/h7,9-10,13-16,19,21-25,29H,8,11-12,17-18,20,26H2,1-6H3. The van der Waals surface area contributed by atoms with Crippen LogP contribution in [0.2, 0.25) is 0 Å². The highest BCUT2D eigenvalue weighted by molar-refractivity contribution is 5.81. The Balaban J connectivity index is 1.69. The SMILES string of the molecule is CC(C)(C)c1ccc2c(c1)Cc1c-2ccc(C(C)(C)C)c1C(C1=CC=CC1)(c1ccccc1)C1CCCCC1. The quantitative estimate of drug-likeness (QED) is 0.254. The summed E-state index contributed by atoms with van der Waals surface area (Å²) in [4.78, 5) is 0. The van der Waals surface area contributed by atoms with Crippen LogP contribution in [0.4, 0.5) is 0 Å². The summed E-state index contributed by atoms with van der Waals surface area (Å²) in [5.41, 5.74) is 13.8. The summed E-state index contributed by atoms with van der Waals surface area (Å²) in [5.74, 6) is 0.612. The minimum absolute atomic E-state index is 0.0526. The molecule has 0 radical (unpaired) electrons. The molecule has 202 valence electrons. The maximum atomic E-state index is 2.51. The van der Waals surface area contributed by atoms with Gasteiger partial charge in [0, 0.05) is 5.41 Å². The van der Waals surface area contributed by atoms with Crippen LogP contribution >= 0.6 is 0 Å². The third-order valence-corrected chi connectivity index (χ3v) is 9.87. The summed E-state index contributed by atoms with van der Waals surface area (Å²) in [7, 11) is 0. The van der Waals surface area contributed by atoms with Gasteiger partial charge in [-0.2, -0.15) is 0 Å². The number of benzene rings is 3. The van der Waals surface area contributed by atoms with Crippen LogP contribution in [0.1, 0.15) is 113 Å². The molecule has 0 spiro atoms. The minimum Gasteiger partial charge on any atom is -0.0804 e. The van der Waals surface area contributed by atoms with Crippen molar-refractivity contribution < 1.29 is 0 Å². The van der Waals surface area contributed by atoms with E-state index in [1.165, 1.54) is 65.5 Å². The molecule has 0 saturated heterocycles. The van der Waals surface area contributed by atoms with E-state index in [2.05, 4.69) is 120 Å². The molecular formula is C39H46. The van der Waals surface area contributed by atoms with Crippen molar-refractivity contribution in [1.82, 2.24) is 0 Å². The number of fused-ring (bicyclic) bond motifs is 3. The average molecular weight is 515 g/mol. The molecule has 0 heteroatoms. The molecule has 0 aromatic heterocycles. The lowest BCUT2D eigenvalue weighted by Crippen LogP contribution is -2.42. The van der Waals surface area contributed by atoms with Crippen molar-refractivity contribution in [1.29, 1.82) is 0 Å². The zero-order valence-corrected chi connectivity index (χ0v) is 25.0. The highest BCUT2D eigenvalue weighted by atomic mass is 14.5. The summed E-state index contributed by atoms with van der Waals surface area (Å²) in [6.45, 7) is 14.3. The van der Waals surface area contributed by atoms with Gasteiger partial charge in [0.25, 0.3) is 0 Å². The van der Waals surface area contributed by atoms with E-state index < -0.39 is 0 Å². The van der Waals surface area contributed by atoms with Crippen molar-refractivity contribution in [2.75, 3.05) is 0 Å². The lowest BCUT2D eigenvalue weighted by Gasteiger charge is -2.48. The van der Waals surface area contributed by atoms with Crippen molar-refractivity contribution in [2.24, 2.45) is 5.92 Å². The van der Waals surface area contributed by atoms with Gasteiger partial charge in [-0.05, 0) is 86.9 Å². The second-order valence-electron chi connectivity index (χ2n) is 14.4. The molecule has 0 nitrogen and oxygen atoms in total. The van der Waals surface area contributed by atoms with Crippen LogP contribution < -0.4 is 0 Å². The molecule has 3 aliphatic rings. The fourth-order valence-electron chi connectivity index (χ4n) is 7.99. The van der Waals surface area contributed by atoms with E-state index in [0.717, 1.165) is 12.8 Å². The van der Waals surface area contributed by atoms with E-state index in [0.29, 0.717) is 5.92 Å². The number of rotatable bonds is 4. The Hall–Kier alpha value is -2.86. The Morgan fingerprint density at radius 1 is 0.692 bits per heavy atom. The zero-order chi connectivity index (χ0) is 27.4. The zero-order valence-electron chi connectivity index (χ0n) is 25.0. The van der Waals surface area contributed by atoms with Gasteiger partial charge in [-0.25, -0.2) is 0 Å². The van der Waals surface area contributed by atoms with Crippen molar-refractivity contribution in [3.8, 4) is 11.1 Å². The molecule has 1 atom stereocenters. The van der Waals surface area contributed by atoms with E-state index in [4.69, 9.17) is 0 Å². The Labute approximate surface area is 237 Å². The molecule has 3 aromatic carbocycles. The second-order valence-corrected chi connectivity index (χ2v) is 14.4. The van der Waals surface area contributed by atoms with Crippen LogP contribution in [0.25, 0.3) is 11.1 Å². The molecule has 0 bridgehead atoms. The Morgan fingerprint density at radius 2 is 1.41 bits per heavy atom. The lowest BCUT2D eigenvalue weighted by atomic mass is 9.54. The lowest BCUT2D eigenvalue weighted by molar-refractivity contribution is 0.262. The molecule has 1 fully saturated rings. The van der Waals surface area contributed by atoms with Crippen LogP contribution in [0.5, 0.6) is 0 Å². The van der Waals surface area contributed by atoms with Gasteiger partial charge in [0.05, 0.1) is 0 Å². The predicted molar refractivity (Wildman–Crippen MR) is 168 cm³/mol. The van der Waals surface area contributed by atoms with Crippen molar-refractivity contribution >= 4 is 0 Å². The van der Waals surface area contributed by atoms with E-state index in [-0.39, 0.29) is 16.2 Å². The highest BCUT2D eigenvalue weighted by Crippen LogP contribution is 2.58. The highest BCUT2D eigenvalue weighted by Gasteiger charge is 2.49. The smallest absolute Gasteiger partial charge is 0.0451 e. The first-order valence-electron chi connectivity index (χ1n) is 15.3. The average Bonchev–Trinajstić information content (AvgIpc) is 3.58. The molecule has 0 heterocycles. The van der Waals surface area contributed by atoms with Crippen molar-refractivity contribution in [3.05, 3.63) is 118 Å². The molecule has 3 aliphatic carbocycles. The van der Waals surface area contributed by atoms with Crippen LogP contribution in [-0.4, -0.2) is 0 Å². The maximum absolute atomic E-state index is 2.51. The summed E-state index contributed by atoms with van der Waals surface area (Å²) in [5, 5.41) is 0. The largest absolute Gasteiger partial charge is 0.0804 e. The first-order valence-corrected chi connectivity index (χ1v) is 15.3. The fraction of sp³-hybridized carbons (Fsp3) is 0.436. The van der Waals surface area contributed by atoms with Crippen LogP contribution in [0, 0.1) is 5.92 Å². The van der Waals surface area contributed by atoms with Gasteiger partial charge in [0.2, 0.25) is 0 Å². The molecule has 0 amide bonds. The van der Waals surface area contributed by atoms with E-state index in [1.54, 1.807) is 16.7 Å². The van der Waals surface area contributed by atoms with Gasteiger partial charge < -0.3 is 0 Å². The Morgan fingerprint density at radius 3 is 2.05 bits per heavy atom. The molecule has 0 N–H and O–H groups in total. The molecule has 0 aliphatic heterocycles. The monoisotopic (exact) mass is 514 g/mol. The summed E-state index contributed by atoms with van der Waals surface area (Å²) < 4.78 is 0. The van der Waals surface area contributed by atoms with Crippen molar-refractivity contribution in [3.63, 3.8) is 0 Å². The first kappa shape index (κ1) is 26.4. The van der Waals surface area contributed by atoms with Crippen LogP contribution in [-0.2, 0) is 22.7 Å². The van der Waals surface area contributed by atoms with E-state index >= 15 is 0 Å². The minimum atomic E-state index is -0.103. The molecule has 1 saturated carbocycles. The summed E-state index contributed by atoms with van der Waals surface area (Å²) >= 11 is 0. The molecule has 3 aromatic rings. The third-order valence-electron chi connectivity index (χ3n) is 9.87. The third kappa shape index (κ3) is 4.35. The maximum Gasteiger partial charge on any atom is 0.0451 e. The second kappa shape index (κ2) is 9.65. The topological polar surface area (TPSA) is 0 Å². The number of allylic oxidation sites excluding steroid dienone is 4. The van der Waals surface area contributed by atoms with Gasteiger partial charge >= 0.3 is 0 Å². The van der Waals surface area contributed by atoms with Gasteiger partial charge in [0.1, 0.15) is 0 Å². The van der Waals surface area contributed by atoms with Gasteiger partial charge in [-0.15, -0.1) is 0 Å². The Bertz CT molecular complexity index is 1430. The van der Waals surface area contributed by atoms with Gasteiger partial charge in [-0.3, -0.25) is 0 Å². The van der Waals surface area contributed by atoms with Crippen LogP contribution in [0.15, 0.2) is 84.5 Å². The Kier molecular flexibility index (Phi) is 6.53. The summed E-state index contributed by atoms with van der Waals surface area (Å²) in [6.07, 6.45) is 16.0. The summed E-state index contributed by atoms with van der Waals surface area (Å²) in [6, 6.07) is 23.9. The van der Waals surface area contributed by atoms with Crippen LogP contribution in [0.3, 0.4) is 0 Å². The molecule has 39 heavy (non-hydrogen) atoms. The van der Waals surface area contributed by atoms with Crippen molar-refractivity contribution in [2.45, 2.75) is 103 Å². The first-order chi connectivity index (χ1) is 18.6. The number of hydrogen-bond acceptors (Lipinski definition) is 0. The van der Waals surface area contributed by atoms with Gasteiger partial charge in [-0.1, -0.05) is 145 Å². The van der Waals surface area contributed by atoms with Gasteiger partial charge in [0.15, 0.2) is 0 Å². The normalized spacial score (nSPS) is 19.0. The van der Waals surface area contributed by atoms with E-state index in [9.17, 15) is 0 Å². The number of hydrogen-bond donors (Lipinski definition) is 0. The molecular weight excluding hydrogens is 468 g/mol. The fourth-order valence-corrected chi connectivity index (χ4v) is 7.99.